The highest BCUT2D eigenvalue weighted by Gasteiger charge is 2.39. The van der Waals surface area contributed by atoms with Crippen molar-refractivity contribution in [2.75, 3.05) is 28.4 Å². The Morgan fingerprint density at radius 3 is 2.31 bits per heavy atom. The van der Waals surface area contributed by atoms with Crippen LogP contribution in [0.15, 0.2) is 54.3 Å². The molecule has 0 N–H and O–H groups in total. The van der Waals surface area contributed by atoms with Gasteiger partial charge in [-0.3, -0.25) is 9.59 Å². The minimum atomic E-state index is -0.440. The van der Waals surface area contributed by atoms with Crippen LogP contribution in [0.4, 0.5) is 0 Å². The van der Waals surface area contributed by atoms with E-state index in [4.69, 9.17) is 28.4 Å². The van der Waals surface area contributed by atoms with Gasteiger partial charge in [0.1, 0.15) is 23.0 Å². The summed E-state index contributed by atoms with van der Waals surface area (Å²) < 4.78 is 33.2. The van der Waals surface area contributed by atoms with Gasteiger partial charge in [-0.2, -0.15) is 0 Å². The van der Waals surface area contributed by atoms with Crippen LogP contribution < -0.4 is 28.4 Å². The second-order valence-corrected chi connectivity index (χ2v) is 8.25. The van der Waals surface area contributed by atoms with E-state index in [1.807, 2.05) is 6.07 Å². The molecule has 2 heterocycles. The first kappa shape index (κ1) is 23.3. The predicted octanol–water partition coefficient (Wildman–Crippen LogP) is 4.78. The molecule has 1 unspecified atom stereocenters. The molecule has 0 bridgehead atoms. The van der Waals surface area contributed by atoms with Crippen LogP contribution in [0.1, 0.15) is 39.4 Å². The van der Waals surface area contributed by atoms with Gasteiger partial charge in [-0.15, -0.1) is 0 Å². The average molecular weight is 488 g/mol. The van der Waals surface area contributed by atoms with Gasteiger partial charge in [0, 0.05) is 23.1 Å². The molecule has 0 fully saturated rings. The summed E-state index contributed by atoms with van der Waals surface area (Å²) in [6.07, 6.45) is 1.72. The van der Waals surface area contributed by atoms with Crippen LogP contribution in [0.2, 0.25) is 0 Å². The van der Waals surface area contributed by atoms with Crippen LogP contribution in [0, 0.1) is 0 Å². The normalized spacial score (nSPS) is 17.1. The number of carbonyl (C=O) groups is 2. The lowest BCUT2D eigenvalue weighted by molar-refractivity contribution is -0.135. The third-order valence-electron chi connectivity index (χ3n) is 6.30. The van der Waals surface area contributed by atoms with Crippen molar-refractivity contribution in [2.24, 2.45) is 0 Å². The second kappa shape index (κ2) is 9.30. The maximum Gasteiger partial charge on any atom is 0.312 e. The molecular formula is C28H24O8. The molecular weight excluding hydrogens is 464 g/mol. The first-order valence-corrected chi connectivity index (χ1v) is 11.2. The lowest BCUT2D eigenvalue weighted by Gasteiger charge is -2.27. The Kier molecular flexibility index (Phi) is 6.01. The zero-order valence-electron chi connectivity index (χ0n) is 20.2. The molecule has 0 saturated heterocycles. The fourth-order valence-corrected chi connectivity index (χ4v) is 4.57. The van der Waals surface area contributed by atoms with Crippen molar-refractivity contribution in [3.8, 4) is 34.5 Å². The third-order valence-corrected chi connectivity index (χ3v) is 6.30. The van der Waals surface area contributed by atoms with Crippen molar-refractivity contribution in [3.63, 3.8) is 0 Å². The molecule has 0 amide bonds. The Morgan fingerprint density at radius 2 is 1.58 bits per heavy atom. The van der Waals surface area contributed by atoms with Crippen LogP contribution in [-0.4, -0.2) is 40.2 Å². The van der Waals surface area contributed by atoms with Gasteiger partial charge in [0.25, 0.3) is 0 Å². The lowest BCUT2D eigenvalue weighted by Crippen LogP contribution is -2.22. The van der Waals surface area contributed by atoms with Crippen molar-refractivity contribution < 1.29 is 38.0 Å². The first-order valence-electron chi connectivity index (χ1n) is 11.2. The summed E-state index contributed by atoms with van der Waals surface area (Å²) in [5.74, 6) is 2.10. The van der Waals surface area contributed by atoms with Gasteiger partial charge in [0.05, 0.1) is 40.4 Å². The second-order valence-electron chi connectivity index (χ2n) is 8.25. The predicted molar refractivity (Wildman–Crippen MR) is 131 cm³/mol. The SMILES string of the molecule is COc1ccc(C2CC(=O)Oc3ccc4c(c32)O/C(=C\c2ccc(OC)c(OC)c2)C4=O)c(OC)c1. The molecule has 0 saturated carbocycles. The Labute approximate surface area is 207 Å². The van der Waals surface area contributed by atoms with Crippen molar-refractivity contribution in [3.05, 3.63) is 76.5 Å². The Hall–Kier alpha value is -4.46. The highest BCUT2D eigenvalue weighted by molar-refractivity contribution is 6.15. The molecule has 0 aliphatic carbocycles. The number of hydrogen-bond donors (Lipinski definition) is 0. The van der Waals surface area contributed by atoms with E-state index in [1.165, 1.54) is 0 Å². The van der Waals surface area contributed by atoms with Gasteiger partial charge in [0.15, 0.2) is 17.3 Å². The van der Waals surface area contributed by atoms with E-state index in [0.29, 0.717) is 51.2 Å². The molecule has 0 spiro atoms. The summed E-state index contributed by atoms with van der Waals surface area (Å²) in [4.78, 5) is 25.8. The van der Waals surface area contributed by atoms with Crippen molar-refractivity contribution in [2.45, 2.75) is 12.3 Å². The van der Waals surface area contributed by atoms with E-state index in [9.17, 15) is 9.59 Å². The smallest absolute Gasteiger partial charge is 0.312 e. The van der Waals surface area contributed by atoms with Crippen molar-refractivity contribution in [1.29, 1.82) is 0 Å². The maximum absolute atomic E-state index is 13.3. The van der Waals surface area contributed by atoms with Gasteiger partial charge < -0.3 is 28.4 Å². The molecule has 184 valence electrons. The summed E-state index contributed by atoms with van der Waals surface area (Å²) in [5, 5.41) is 0. The molecule has 3 aromatic rings. The largest absolute Gasteiger partial charge is 0.497 e. The van der Waals surface area contributed by atoms with Gasteiger partial charge in [-0.25, -0.2) is 0 Å². The molecule has 8 heteroatoms. The summed E-state index contributed by atoms with van der Waals surface area (Å²) in [5.41, 5.74) is 2.49. The summed E-state index contributed by atoms with van der Waals surface area (Å²) in [6.45, 7) is 0. The van der Waals surface area contributed by atoms with Crippen molar-refractivity contribution >= 4 is 17.8 Å². The summed E-state index contributed by atoms with van der Waals surface area (Å²) in [7, 11) is 6.23. The molecule has 8 nitrogen and oxygen atoms in total. The van der Waals surface area contributed by atoms with E-state index in [1.54, 1.807) is 77.0 Å². The Bertz CT molecular complexity index is 1400. The monoisotopic (exact) mass is 488 g/mol. The minimum absolute atomic E-state index is 0.0679. The van der Waals surface area contributed by atoms with E-state index < -0.39 is 5.92 Å². The fourth-order valence-electron chi connectivity index (χ4n) is 4.57. The highest BCUT2D eigenvalue weighted by Crippen LogP contribution is 2.50. The average Bonchev–Trinajstić information content (AvgIpc) is 3.22. The summed E-state index contributed by atoms with van der Waals surface area (Å²) in [6, 6.07) is 14.0. The Morgan fingerprint density at radius 1 is 0.806 bits per heavy atom. The third kappa shape index (κ3) is 3.90. The topological polar surface area (TPSA) is 89.5 Å². The quantitative estimate of drug-likeness (QED) is 0.278. The van der Waals surface area contributed by atoms with Gasteiger partial charge in [-0.1, -0.05) is 12.1 Å². The van der Waals surface area contributed by atoms with Crippen LogP contribution in [0.3, 0.4) is 0 Å². The zero-order valence-corrected chi connectivity index (χ0v) is 20.2. The van der Waals surface area contributed by atoms with Gasteiger partial charge >= 0.3 is 5.97 Å². The molecule has 5 rings (SSSR count). The number of rotatable bonds is 6. The number of benzene rings is 3. The van der Waals surface area contributed by atoms with Gasteiger partial charge in [0.2, 0.25) is 5.78 Å². The van der Waals surface area contributed by atoms with Gasteiger partial charge in [-0.05, 0) is 42.0 Å². The number of carbonyl (C=O) groups excluding carboxylic acids is 2. The zero-order chi connectivity index (χ0) is 25.4. The number of allylic oxidation sites excluding steroid dienone is 1. The molecule has 0 aromatic heterocycles. The number of methoxy groups -OCH3 is 4. The molecule has 2 aliphatic rings. The van der Waals surface area contributed by atoms with Crippen LogP contribution >= 0.6 is 0 Å². The van der Waals surface area contributed by atoms with E-state index in [0.717, 1.165) is 5.56 Å². The molecule has 3 aromatic carbocycles. The summed E-state index contributed by atoms with van der Waals surface area (Å²) >= 11 is 0. The number of ketones is 1. The first-order chi connectivity index (χ1) is 17.5. The number of esters is 1. The van der Waals surface area contributed by atoms with E-state index in [-0.39, 0.29) is 23.9 Å². The molecule has 36 heavy (non-hydrogen) atoms. The van der Waals surface area contributed by atoms with Crippen LogP contribution in [-0.2, 0) is 4.79 Å². The lowest BCUT2D eigenvalue weighted by atomic mass is 9.84. The number of ether oxygens (including phenoxy) is 6. The van der Waals surface area contributed by atoms with E-state index in [2.05, 4.69) is 0 Å². The number of Topliss-reactive ketones (excluding diaryl/α,β-unsaturated/α-hetero) is 1. The van der Waals surface area contributed by atoms with Crippen molar-refractivity contribution in [1.82, 2.24) is 0 Å². The maximum atomic E-state index is 13.3. The Balaban J connectivity index is 1.59. The minimum Gasteiger partial charge on any atom is -0.497 e. The molecule has 1 atom stereocenters. The highest BCUT2D eigenvalue weighted by atomic mass is 16.5. The number of fused-ring (bicyclic) bond motifs is 3. The van der Waals surface area contributed by atoms with Crippen LogP contribution in [0.25, 0.3) is 6.08 Å². The molecule has 0 radical (unpaired) electrons. The van der Waals surface area contributed by atoms with E-state index >= 15 is 0 Å². The van der Waals surface area contributed by atoms with Crippen LogP contribution in [0.5, 0.6) is 34.5 Å². The fraction of sp³-hybridized carbons (Fsp3) is 0.214. The number of hydrogen-bond acceptors (Lipinski definition) is 8. The standard InChI is InChI=1S/C28H24O8/c1-31-16-6-7-17(22(13-16)33-3)19-14-25(29)35-21-10-8-18-27(30)24(36-28(18)26(19)21)12-15-5-9-20(32-2)23(11-15)34-4/h5-13,19H,14H2,1-4H3/b24-12-. The molecule has 2 aliphatic heterocycles.